The summed E-state index contributed by atoms with van der Waals surface area (Å²) in [5, 5.41) is 10.8. The number of methoxy groups -OCH3 is 3. The molecule has 0 fully saturated rings. The third kappa shape index (κ3) is 2.14. The molecule has 2 aromatic carbocycles. The summed E-state index contributed by atoms with van der Waals surface area (Å²) >= 11 is 0. The van der Waals surface area contributed by atoms with Crippen molar-refractivity contribution in [1.29, 1.82) is 0 Å². The van der Waals surface area contributed by atoms with E-state index in [2.05, 4.69) is 0 Å². The molecule has 0 aliphatic carbocycles. The van der Waals surface area contributed by atoms with Gasteiger partial charge in [0.25, 0.3) is 0 Å². The Hall–Kier alpha value is -2.43. The van der Waals surface area contributed by atoms with E-state index in [1.54, 1.807) is 25.3 Å². The second kappa shape index (κ2) is 5.06. The minimum atomic E-state index is -1.10. The molecule has 19 heavy (non-hydrogen) atoms. The monoisotopic (exact) mass is 262 g/mol. The van der Waals surface area contributed by atoms with Crippen LogP contribution in [0.1, 0.15) is 10.4 Å². The van der Waals surface area contributed by atoms with Gasteiger partial charge in [-0.2, -0.15) is 0 Å². The fourth-order valence-electron chi connectivity index (χ4n) is 2.02. The van der Waals surface area contributed by atoms with Gasteiger partial charge in [-0.05, 0) is 23.6 Å². The van der Waals surface area contributed by atoms with E-state index in [1.165, 1.54) is 14.2 Å². The van der Waals surface area contributed by atoms with Gasteiger partial charge in [-0.15, -0.1) is 0 Å². The Kier molecular flexibility index (Phi) is 3.46. The number of fused-ring (bicyclic) bond motifs is 1. The van der Waals surface area contributed by atoms with Crippen LogP contribution < -0.4 is 14.2 Å². The molecule has 0 amide bonds. The Morgan fingerprint density at radius 3 is 2.32 bits per heavy atom. The van der Waals surface area contributed by atoms with Crippen LogP contribution in [0.4, 0.5) is 0 Å². The van der Waals surface area contributed by atoms with Gasteiger partial charge in [0.05, 0.1) is 21.3 Å². The first-order chi connectivity index (χ1) is 9.12. The Balaban J connectivity index is 2.87. The zero-order chi connectivity index (χ0) is 14.0. The van der Waals surface area contributed by atoms with Crippen molar-refractivity contribution in [2.75, 3.05) is 21.3 Å². The number of ether oxygens (including phenoxy) is 3. The van der Waals surface area contributed by atoms with E-state index in [1.807, 2.05) is 6.07 Å². The Bertz CT molecular complexity index is 633. The summed E-state index contributed by atoms with van der Waals surface area (Å²) in [7, 11) is 4.41. The molecular formula is C14H14O5. The molecule has 5 heteroatoms. The highest BCUT2D eigenvalue weighted by molar-refractivity contribution is 6.04. The fraction of sp³-hybridized carbons (Fsp3) is 0.214. The van der Waals surface area contributed by atoms with Crippen molar-refractivity contribution in [2.45, 2.75) is 0 Å². The van der Waals surface area contributed by atoms with Gasteiger partial charge in [0, 0.05) is 5.39 Å². The molecule has 0 aliphatic heterocycles. The van der Waals surface area contributed by atoms with Crippen LogP contribution in [0.5, 0.6) is 17.2 Å². The largest absolute Gasteiger partial charge is 0.497 e. The smallest absolute Gasteiger partial charge is 0.343 e. The summed E-state index contributed by atoms with van der Waals surface area (Å²) in [5.74, 6) is 0.0634. The number of hydrogen-bond acceptors (Lipinski definition) is 4. The fourth-order valence-corrected chi connectivity index (χ4v) is 2.02. The van der Waals surface area contributed by atoms with Crippen molar-refractivity contribution in [3.8, 4) is 17.2 Å². The molecular weight excluding hydrogens is 248 g/mol. The highest BCUT2D eigenvalue weighted by Crippen LogP contribution is 2.38. The predicted octanol–water partition coefficient (Wildman–Crippen LogP) is 2.56. The van der Waals surface area contributed by atoms with E-state index in [4.69, 9.17) is 14.2 Å². The van der Waals surface area contributed by atoms with E-state index in [9.17, 15) is 9.90 Å². The van der Waals surface area contributed by atoms with Crippen molar-refractivity contribution >= 4 is 16.7 Å². The number of carboxylic acids is 1. The molecule has 0 spiro atoms. The first kappa shape index (κ1) is 13.0. The Morgan fingerprint density at radius 1 is 1.05 bits per heavy atom. The molecule has 0 heterocycles. The molecule has 0 saturated heterocycles. The van der Waals surface area contributed by atoms with Gasteiger partial charge in [-0.1, -0.05) is 6.07 Å². The lowest BCUT2D eigenvalue weighted by atomic mass is 10.0. The maximum Gasteiger partial charge on any atom is 0.343 e. The number of hydrogen-bond donors (Lipinski definition) is 1. The average Bonchev–Trinajstić information content (AvgIpc) is 2.44. The molecule has 0 unspecified atom stereocenters. The normalized spacial score (nSPS) is 10.3. The standard InChI is InChI=1S/C14H14O5/c1-17-9-5-4-8-6-11(18-2)12(14(15)16)13(19-3)10(8)7-9/h4-7H,1-3H3,(H,15,16). The van der Waals surface area contributed by atoms with Gasteiger partial charge in [0.2, 0.25) is 0 Å². The molecule has 0 aromatic heterocycles. The van der Waals surface area contributed by atoms with Gasteiger partial charge < -0.3 is 19.3 Å². The van der Waals surface area contributed by atoms with Crippen LogP contribution in [0.25, 0.3) is 10.8 Å². The zero-order valence-corrected chi connectivity index (χ0v) is 10.9. The molecule has 5 nitrogen and oxygen atoms in total. The number of carbonyl (C=O) groups is 1. The molecule has 0 saturated carbocycles. The van der Waals surface area contributed by atoms with Crippen LogP contribution >= 0.6 is 0 Å². The lowest BCUT2D eigenvalue weighted by Crippen LogP contribution is -2.04. The molecule has 2 rings (SSSR count). The van der Waals surface area contributed by atoms with E-state index < -0.39 is 5.97 Å². The summed E-state index contributed by atoms with van der Waals surface area (Å²) in [6, 6.07) is 7.02. The van der Waals surface area contributed by atoms with E-state index >= 15 is 0 Å². The van der Waals surface area contributed by atoms with Gasteiger partial charge >= 0.3 is 5.97 Å². The van der Waals surface area contributed by atoms with Crippen LogP contribution in [0.15, 0.2) is 24.3 Å². The first-order valence-corrected chi connectivity index (χ1v) is 5.58. The highest BCUT2D eigenvalue weighted by atomic mass is 16.5. The lowest BCUT2D eigenvalue weighted by Gasteiger charge is -2.14. The van der Waals surface area contributed by atoms with Gasteiger partial charge in [0.15, 0.2) is 0 Å². The topological polar surface area (TPSA) is 65.0 Å². The van der Waals surface area contributed by atoms with Crippen molar-refractivity contribution in [3.63, 3.8) is 0 Å². The highest BCUT2D eigenvalue weighted by Gasteiger charge is 2.21. The third-order valence-electron chi connectivity index (χ3n) is 2.90. The maximum absolute atomic E-state index is 11.4. The summed E-state index contributed by atoms with van der Waals surface area (Å²) in [6.45, 7) is 0. The van der Waals surface area contributed by atoms with Crippen molar-refractivity contribution < 1.29 is 24.1 Å². The van der Waals surface area contributed by atoms with Crippen LogP contribution in [-0.4, -0.2) is 32.4 Å². The third-order valence-corrected chi connectivity index (χ3v) is 2.90. The van der Waals surface area contributed by atoms with E-state index in [0.717, 1.165) is 5.39 Å². The quantitative estimate of drug-likeness (QED) is 0.917. The minimum absolute atomic E-state index is 0.00533. The number of aromatic carboxylic acids is 1. The van der Waals surface area contributed by atoms with Crippen LogP contribution in [0, 0.1) is 0 Å². The number of rotatable bonds is 4. The SMILES string of the molecule is COc1ccc2cc(OC)c(C(=O)O)c(OC)c2c1. The molecule has 1 N–H and O–H groups in total. The van der Waals surface area contributed by atoms with Crippen molar-refractivity contribution in [3.05, 3.63) is 29.8 Å². The van der Waals surface area contributed by atoms with Crippen molar-refractivity contribution in [1.82, 2.24) is 0 Å². The molecule has 0 bridgehead atoms. The number of carboxylic acid groups (broad SMARTS) is 1. The summed E-state index contributed by atoms with van der Waals surface area (Å²) in [4.78, 5) is 11.4. The summed E-state index contributed by atoms with van der Waals surface area (Å²) < 4.78 is 15.5. The van der Waals surface area contributed by atoms with E-state index in [0.29, 0.717) is 11.1 Å². The molecule has 0 radical (unpaired) electrons. The molecule has 0 atom stereocenters. The van der Waals surface area contributed by atoms with Gasteiger partial charge in [-0.3, -0.25) is 0 Å². The Morgan fingerprint density at radius 2 is 1.79 bits per heavy atom. The van der Waals surface area contributed by atoms with E-state index in [-0.39, 0.29) is 17.1 Å². The summed E-state index contributed by atoms with van der Waals surface area (Å²) in [6.07, 6.45) is 0. The van der Waals surface area contributed by atoms with Crippen LogP contribution in [0.3, 0.4) is 0 Å². The van der Waals surface area contributed by atoms with Gasteiger partial charge in [0.1, 0.15) is 22.8 Å². The minimum Gasteiger partial charge on any atom is -0.497 e. The average molecular weight is 262 g/mol. The second-order valence-corrected chi connectivity index (χ2v) is 3.88. The van der Waals surface area contributed by atoms with Crippen molar-refractivity contribution in [2.24, 2.45) is 0 Å². The first-order valence-electron chi connectivity index (χ1n) is 5.58. The van der Waals surface area contributed by atoms with Crippen LogP contribution in [-0.2, 0) is 0 Å². The Labute approximate surface area is 110 Å². The zero-order valence-electron chi connectivity index (χ0n) is 10.9. The summed E-state index contributed by atoms with van der Waals surface area (Å²) in [5.41, 5.74) is 0.00533. The molecule has 2 aromatic rings. The maximum atomic E-state index is 11.4. The lowest BCUT2D eigenvalue weighted by molar-refractivity contribution is 0.0690. The molecule has 0 aliphatic rings. The van der Waals surface area contributed by atoms with Crippen LogP contribution in [0.2, 0.25) is 0 Å². The van der Waals surface area contributed by atoms with Gasteiger partial charge in [-0.25, -0.2) is 4.79 Å². The second-order valence-electron chi connectivity index (χ2n) is 3.88. The molecule has 100 valence electrons. The number of benzene rings is 2. The predicted molar refractivity (Wildman–Crippen MR) is 70.6 cm³/mol.